The molecule has 0 radical (unpaired) electrons. The van der Waals surface area contributed by atoms with Crippen LogP contribution in [0.5, 0.6) is 0 Å². The van der Waals surface area contributed by atoms with E-state index in [1.807, 2.05) is 0 Å². The van der Waals surface area contributed by atoms with E-state index in [4.69, 9.17) is 30.4 Å². The summed E-state index contributed by atoms with van der Waals surface area (Å²) >= 11 is 0. The van der Waals surface area contributed by atoms with E-state index in [1.165, 1.54) is 0 Å². The molecule has 0 spiro atoms. The molecule has 112 valence electrons. The van der Waals surface area contributed by atoms with Gasteiger partial charge in [0.1, 0.15) is 18.6 Å². The van der Waals surface area contributed by atoms with Crippen molar-refractivity contribution in [1.29, 1.82) is 0 Å². The van der Waals surface area contributed by atoms with Crippen molar-refractivity contribution in [2.75, 3.05) is 12.6 Å². The number of carboxylic acids is 1. The van der Waals surface area contributed by atoms with Crippen molar-refractivity contribution in [3.8, 4) is 0 Å². The predicted octanol–water partition coefficient (Wildman–Crippen LogP) is -1.65. The highest BCUT2D eigenvalue weighted by Crippen LogP contribution is 2.40. The molecular weight excluding hydrogens is 304 g/mol. The largest absolute Gasteiger partial charge is 0.480 e. The molecule has 0 heterocycles. The average molecular weight is 319 g/mol. The third-order valence-corrected chi connectivity index (χ3v) is 3.14. The summed E-state index contributed by atoms with van der Waals surface area (Å²) < 4.78 is 21.6. The van der Waals surface area contributed by atoms with Gasteiger partial charge in [0.2, 0.25) is 0 Å². The van der Waals surface area contributed by atoms with Gasteiger partial charge < -0.3 is 35.3 Å². The fourth-order valence-corrected chi connectivity index (χ4v) is 2.51. The Morgan fingerprint density at radius 3 is 1.84 bits per heavy atom. The van der Waals surface area contributed by atoms with Gasteiger partial charge in [-0.1, -0.05) is 0 Å². The standard InChI is InChI=1S/C6H15N3O8P2/c1-4(5(10)11)8-6(7)9(2-18(12,13)14)3-19(15,16)17/h4H,2-3H2,1H3,(H2,7,8)(H,10,11)(H2,12,13,14)(H2,15,16,17). The Hall–Kier alpha value is -0.960. The molecule has 0 saturated heterocycles. The van der Waals surface area contributed by atoms with Crippen molar-refractivity contribution < 1.29 is 38.6 Å². The Balaban J connectivity index is 5.18. The van der Waals surface area contributed by atoms with Gasteiger partial charge in [-0.15, -0.1) is 0 Å². The number of nitrogens with two attached hydrogens (primary N) is 1. The maximum atomic E-state index is 10.8. The zero-order valence-electron chi connectivity index (χ0n) is 9.82. The second kappa shape index (κ2) is 6.47. The molecule has 0 aromatic heterocycles. The number of carbonyl (C=O) groups is 1. The molecule has 0 rings (SSSR count). The van der Waals surface area contributed by atoms with Crippen LogP contribution in [0.3, 0.4) is 0 Å². The second-order valence-corrected chi connectivity index (χ2v) is 6.88. The van der Waals surface area contributed by atoms with Gasteiger partial charge in [-0.3, -0.25) is 9.13 Å². The molecule has 0 aromatic carbocycles. The molecule has 0 saturated carbocycles. The van der Waals surface area contributed by atoms with E-state index in [0.717, 1.165) is 6.92 Å². The SMILES string of the molecule is CC(N=C(N)N(CP(=O)(O)O)CP(=O)(O)O)C(=O)O. The number of hydrogen-bond donors (Lipinski definition) is 6. The number of hydrogen-bond acceptors (Lipinski definition) is 4. The topological polar surface area (TPSA) is 194 Å². The number of nitrogens with zero attached hydrogens (tertiary/aromatic N) is 2. The van der Waals surface area contributed by atoms with Crippen LogP contribution in [0.15, 0.2) is 4.99 Å². The van der Waals surface area contributed by atoms with Crippen LogP contribution in [0.4, 0.5) is 0 Å². The minimum Gasteiger partial charge on any atom is -0.480 e. The summed E-state index contributed by atoms with van der Waals surface area (Å²) in [5.74, 6) is -2.03. The molecule has 19 heavy (non-hydrogen) atoms. The Morgan fingerprint density at radius 1 is 1.21 bits per heavy atom. The van der Waals surface area contributed by atoms with Crippen molar-refractivity contribution in [2.45, 2.75) is 13.0 Å². The van der Waals surface area contributed by atoms with E-state index in [1.54, 1.807) is 0 Å². The van der Waals surface area contributed by atoms with Crippen LogP contribution in [0.1, 0.15) is 6.92 Å². The summed E-state index contributed by atoms with van der Waals surface area (Å²) in [5.41, 5.74) is 5.30. The molecule has 7 N–H and O–H groups in total. The molecule has 0 aliphatic rings. The van der Waals surface area contributed by atoms with Gasteiger partial charge in [0.25, 0.3) is 0 Å². The number of aliphatic carboxylic acids is 1. The summed E-state index contributed by atoms with van der Waals surface area (Å²) in [6.07, 6.45) is -2.17. The lowest BCUT2D eigenvalue weighted by molar-refractivity contribution is -0.138. The van der Waals surface area contributed by atoms with Gasteiger partial charge >= 0.3 is 21.2 Å². The van der Waals surface area contributed by atoms with Crippen LogP contribution >= 0.6 is 15.2 Å². The van der Waals surface area contributed by atoms with Gasteiger partial charge in [-0.25, -0.2) is 9.79 Å². The zero-order chi connectivity index (χ0) is 15.4. The van der Waals surface area contributed by atoms with Gasteiger partial charge in [-0.2, -0.15) is 0 Å². The third kappa shape index (κ3) is 8.71. The molecule has 0 fully saturated rings. The van der Waals surface area contributed by atoms with Crippen molar-refractivity contribution in [3.05, 3.63) is 0 Å². The van der Waals surface area contributed by atoms with E-state index >= 15 is 0 Å². The Bertz CT molecular complexity index is 429. The number of aliphatic imine (C=N–C) groups is 1. The number of carboxylic acid groups (broad SMARTS) is 1. The maximum Gasteiger partial charge on any atom is 0.344 e. The zero-order valence-corrected chi connectivity index (χ0v) is 11.6. The highest BCUT2D eigenvalue weighted by Gasteiger charge is 2.27. The average Bonchev–Trinajstić information content (AvgIpc) is 2.11. The van der Waals surface area contributed by atoms with Crippen LogP contribution in [-0.4, -0.2) is 60.1 Å². The number of guanidine groups is 1. The van der Waals surface area contributed by atoms with Crippen LogP contribution in [-0.2, 0) is 13.9 Å². The van der Waals surface area contributed by atoms with Crippen LogP contribution in [0.25, 0.3) is 0 Å². The predicted molar refractivity (Wildman–Crippen MR) is 64.4 cm³/mol. The first-order chi connectivity index (χ1) is 8.32. The monoisotopic (exact) mass is 319 g/mol. The molecule has 0 bridgehead atoms. The molecule has 13 heteroatoms. The minimum atomic E-state index is -4.65. The fourth-order valence-electron chi connectivity index (χ4n) is 0.970. The molecule has 1 atom stereocenters. The molecule has 0 amide bonds. The summed E-state index contributed by atoms with van der Waals surface area (Å²) in [5, 5.41) is 8.59. The Morgan fingerprint density at radius 2 is 1.58 bits per heavy atom. The quantitative estimate of drug-likeness (QED) is 0.187. The molecule has 1 unspecified atom stereocenters. The molecular formula is C6H15N3O8P2. The van der Waals surface area contributed by atoms with Crippen LogP contribution in [0.2, 0.25) is 0 Å². The van der Waals surface area contributed by atoms with Crippen molar-refractivity contribution in [2.24, 2.45) is 10.7 Å². The smallest absolute Gasteiger partial charge is 0.344 e. The first-order valence-corrected chi connectivity index (χ1v) is 8.31. The summed E-state index contributed by atoms with van der Waals surface area (Å²) in [4.78, 5) is 49.4. The second-order valence-electron chi connectivity index (χ2n) is 3.65. The van der Waals surface area contributed by atoms with Crippen molar-refractivity contribution in [3.63, 3.8) is 0 Å². The molecule has 0 aliphatic carbocycles. The lowest BCUT2D eigenvalue weighted by atomic mass is 10.4. The normalized spacial score (nSPS) is 15.1. The van der Waals surface area contributed by atoms with E-state index in [-0.39, 0.29) is 0 Å². The van der Waals surface area contributed by atoms with Gasteiger partial charge in [-0.05, 0) is 6.92 Å². The maximum absolute atomic E-state index is 10.8. The fraction of sp³-hybridized carbons (Fsp3) is 0.667. The molecule has 11 nitrogen and oxygen atoms in total. The Labute approximate surface area is 108 Å². The van der Waals surface area contributed by atoms with E-state index in [9.17, 15) is 13.9 Å². The first kappa shape index (κ1) is 18.0. The van der Waals surface area contributed by atoms with Crippen molar-refractivity contribution in [1.82, 2.24) is 4.90 Å². The van der Waals surface area contributed by atoms with Gasteiger partial charge in [0.15, 0.2) is 5.96 Å². The van der Waals surface area contributed by atoms with Gasteiger partial charge in [0.05, 0.1) is 0 Å². The lowest BCUT2D eigenvalue weighted by Crippen LogP contribution is -2.40. The number of rotatable bonds is 6. The van der Waals surface area contributed by atoms with E-state index < -0.39 is 45.7 Å². The molecule has 0 aliphatic heterocycles. The highest BCUT2D eigenvalue weighted by molar-refractivity contribution is 7.52. The lowest BCUT2D eigenvalue weighted by Gasteiger charge is -2.24. The first-order valence-electron chi connectivity index (χ1n) is 4.72. The summed E-state index contributed by atoms with van der Waals surface area (Å²) in [6, 6.07) is -1.32. The third-order valence-electron chi connectivity index (χ3n) is 1.72. The Kier molecular flexibility index (Phi) is 6.14. The molecule has 0 aromatic rings. The van der Waals surface area contributed by atoms with E-state index in [0.29, 0.717) is 4.90 Å². The van der Waals surface area contributed by atoms with Crippen LogP contribution < -0.4 is 5.73 Å². The van der Waals surface area contributed by atoms with E-state index in [2.05, 4.69) is 4.99 Å². The highest BCUT2D eigenvalue weighted by atomic mass is 31.2. The van der Waals surface area contributed by atoms with Crippen molar-refractivity contribution >= 4 is 27.1 Å². The van der Waals surface area contributed by atoms with Gasteiger partial charge in [0, 0.05) is 0 Å². The minimum absolute atomic E-state index is 0.445. The summed E-state index contributed by atoms with van der Waals surface area (Å²) in [6.45, 7) is 1.14. The van der Waals surface area contributed by atoms with Crippen LogP contribution in [0, 0.1) is 0 Å². The summed E-state index contributed by atoms with van der Waals surface area (Å²) in [7, 11) is -9.31.